The number of anilines is 1. The first-order chi connectivity index (χ1) is 12.7. The third-order valence-corrected chi connectivity index (χ3v) is 6.56. The van der Waals surface area contributed by atoms with Crippen LogP contribution >= 0.6 is 11.3 Å². The average Bonchev–Trinajstić information content (AvgIpc) is 3.41. The molecule has 2 N–H and O–H groups in total. The number of aromatic nitrogens is 1. The van der Waals surface area contributed by atoms with Crippen LogP contribution in [0.2, 0.25) is 0 Å². The standard InChI is InChI=1S/C17H21N3O2S.C3H6/c21-17(22)18-12-4-5-14-15(10-12)23-16(19-14)11-8-13(9-11)20-6-2-1-3-7-20;1-2-3-1/h4-5,10-11,13,18H,1-3,6-9H2,(H,21,22);1-3H2/t11-,13+;. The molecule has 2 heterocycles. The van der Waals surface area contributed by atoms with Crippen molar-refractivity contribution in [2.75, 3.05) is 18.4 Å². The van der Waals surface area contributed by atoms with Crippen LogP contribution in [0, 0.1) is 0 Å². The summed E-state index contributed by atoms with van der Waals surface area (Å²) >= 11 is 1.71. The van der Waals surface area contributed by atoms with E-state index in [4.69, 9.17) is 10.1 Å². The van der Waals surface area contributed by atoms with Crippen LogP contribution in [0.25, 0.3) is 10.2 Å². The van der Waals surface area contributed by atoms with Crippen molar-refractivity contribution in [3.05, 3.63) is 23.2 Å². The Morgan fingerprint density at radius 2 is 1.81 bits per heavy atom. The van der Waals surface area contributed by atoms with Crippen LogP contribution in [-0.4, -0.2) is 40.2 Å². The van der Waals surface area contributed by atoms with Crippen LogP contribution in [0.1, 0.15) is 62.3 Å². The highest BCUT2D eigenvalue weighted by molar-refractivity contribution is 7.18. The zero-order valence-electron chi connectivity index (χ0n) is 15.1. The molecule has 0 radical (unpaired) electrons. The molecule has 2 aromatic rings. The molecule has 5 rings (SSSR count). The summed E-state index contributed by atoms with van der Waals surface area (Å²) in [7, 11) is 0. The smallest absolute Gasteiger partial charge is 0.409 e. The summed E-state index contributed by atoms with van der Waals surface area (Å²) in [6.07, 6.45) is 10.00. The molecular formula is C20H27N3O2S. The number of rotatable bonds is 3. The number of piperidine rings is 1. The summed E-state index contributed by atoms with van der Waals surface area (Å²) in [6.45, 7) is 2.53. The maximum atomic E-state index is 10.7. The maximum Gasteiger partial charge on any atom is 0.409 e. The van der Waals surface area contributed by atoms with Gasteiger partial charge in [-0.25, -0.2) is 9.78 Å². The van der Waals surface area contributed by atoms with Crippen molar-refractivity contribution in [1.29, 1.82) is 0 Å². The lowest BCUT2D eigenvalue weighted by Gasteiger charge is -2.43. The van der Waals surface area contributed by atoms with Crippen molar-refractivity contribution in [2.24, 2.45) is 0 Å². The van der Waals surface area contributed by atoms with Gasteiger partial charge < -0.3 is 10.0 Å². The fourth-order valence-electron chi connectivity index (χ4n) is 3.69. The van der Waals surface area contributed by atoms with Crippen LogP contribution in [0.3, 0.4) is 0 Å². The van der Waals surface area contributed by atoms with Crippen molar-refractivity contribution in [3.8, 4) is 0 Å². The first-order valence-electron chi connectivity index (χ1n) is 9.83. The van der Waals surface area contributed by atoms with Crippen molar-refractivity contribution in [3.63, 3.8) is 0 Å². The highest BCUT2D eigenvalue weighted by Crippen LogP contribution is 2.43. The lowest BCUT2D eigenvalue weighted by Crippen LogP contribution is -2.46. The number of fused-ring (bicyclic) bond motifs is 1. The second kappa shape index (κ2) is 7.92. The molecule has 2 saturated carbocycles. The molecule has 140 valence electrons. The van der Waals surface area contributed by atoms with Gasteiger partial charge in [0.25, 0.3) is 0 Å². The summed E-state index contributed by atoms with van der Waals surface area (Å²) < 4.78 is 1.06. The highest BCUT2D eigenvalue weighted by atomic mass is 32.1. The Morgan fingerprint density at radius 3 is 2.46 bits per heavy atom. The summed E-state index contributed by atoms with van der Waals surface area (Å²) in [4.78, 5) is 18.1. The summed E-state index contributed by atoms with van der Waals surface area (Å²) in [5.74, 6) is 0.579. The number of amides is 1. The lowest BCUT2D eigenvalue weighted by molar-refractivity contribution is 0.0888. The first-order valence-corrected chi connectivity index (χ1v) is 10.7. The number of carbonyl (C=O) groups is 1. The van der Waals surface area contributed by atoms with Gasteiger partial charge in [-0.05, 0) is 57.0 Å². The predicted octanol–water partition coefficient (Wildman–Crippen LogP) is 5.29. The number of benzene rings is 1. The first kappa shape index (κ1) is 17.7. The molecule has 0 unspecified atom stereocenters. The predicted molar refractivity (Wildman–Crippen MR) is 106 cm³/mol. The SMILES string of the molecule is C1CC1.O=C(O)Nc1ccc2nc([C@H]3C[C@@H](N4CCCCC4)C3)sc2c1. The lowest BCUT2D eigenvalue weighted by atomic mass is 9.79. The molecule has 3 fully saturated rings. The molecule has 1 saturated heterocycles. The molecule has 3 aliphatic rings. The van der Waals surface area contributed by atoms with Crippen LogP contribution in [0.15, 0.2) is 18.2 Å². The van der Waals surface area contributed by atoms with Gasteiger partial charge in [-0.15, -0.1) is 11.3 Å². The highest BCUT2D eigenvalue weighted by Gasteiger charge is 2.36. The molecule has 0 atom stereocenters. The summed E-state index contributed by atoms with van der Waals surface area (Å²) in [5, 5.41) is 12.4. The number of nitrogens with zero attached hydrogens (tertiary/aromatic N) is 2. The van der Waals surface area contributed by atoms with E-state index in [0.29, 0.717) is 11.6 Å². The second-order valence-electron chi connectivity index (χ2n) is 7.64. The monoisotopic (exact) mass is 373 g/mol. The molecule has 1 aliphatic heterocycles. The second-order valence-corrected chi connectivity index (χ2v) is 8.71. The van der Waals surface area contributed by atoms with E-state index >= 15 is 0 Å². The van der Waals surface area contributed by atoms with Crippen LogP contribution in [-0.2, 0) is 0 Å². The van der Waals surface area contributed by atoms with Gasteiger partial charge in [-0.3, -0.25) is 5.32 Å². The van der Waals surface area contributed by atoms with E-state index in [2.05, 4.69) is 10.2 Å². The topological polar surface area (TPSA) is 65.5 Å². The maximum absolute atomic E-state index is 10.7. The van der Waals surface area contributed by atoms with E-state index in [1.54, 1.807) is 17.4 Å². The Labute approximate surface area is 158 Å². The van der Waals surface area contributed by atoms with E-state index in [9.17, 15) is 4.79 Å². The van der Waals surface area contributed by atoms with E-state index in [1.807, 2.05) is 12.1 Å². The van der Waals surface area contributed by atoms with Gasteiger partial charge in [0.05, 0.1) is 15.2 Å². The fraction of sp³-hybridized carbons (Fsp3) is 0.600. The zero-order chi connectivity index (χ0) is 17.9. The van der Waals surface area contributed by atoms with Crippen LogP contribution in [0.4, 0.5) is 10.5 Å². The number of hydrogen-bond acceptors (Lipinski definition) is 4. The van der Waals surface area contributed by atoms with E-state index in [0.717, 1.165) is 16.3 Å². The average molecular weight is 374 g/mol. The van der Waals surface area contributed by atoms with Gasteiger partial charge in [0.15, 0.2) is 0 Å². The molecule has 0 spiro atoms. The Kier molecular flexibility index (Phi) is 5.41. The van der Waals surface area contributed by atoms with Gasteiger partial charge in [-0.1, -0.05) is 25.7 Å². The van der Waals surface area contributed by atoms with Gasteiger partial charge in [0.1, 0.15) is 0 Å². The Morgan fingerprint density at radius 1 is 1.12 bits per heavy atom. The Bertz CT molecular complexity index is 759. The minimum absolute atomic E-state index is 0.579. The molecule has 6 heteroatoms. The van der Waals surface area contributed by atoms with Crippen molar-refractivity contribution >= 4 is 33.3 Å². The van der Waals surface area contributed by atoms with E-state index < -0.39 is 6.09 Å². The number of hydrogen-bond donors (Lipinski definition) is 2. The van der Waals surface area contributed by atoms with Crippen molar-refractivity contribution in [1.82, 2.24) is 9.88 Å². The molecule has 1 aromatic heterocycles. The fourth-order valence-corrected chi connectivity index (χ4v) is 4.82. The zero-order valence-corrected chi connectivity index (χ0v) is 15.9. The summed E-state index contributed by atoms with van der Waals surface area (Å²) in [6, 6.07) is 6.31. The Hall–Kier alpha value is -1.66. The quantitative estimate of drug-likeness (QED) is 0.767. The van der Waals surface area contributed by atoms with E-state index in [-0.39, 0.29) is 0 Å². The van der Waals surface area contributed by atoms with Gasteiger partial charge in [0.2, 0.25) is 0 Å². The number of carboxylic acid groups (broad SMARTS) is 1. The van der Waals surface area contributed by atoms with Crippen molar-refractivity contribution in [2.45, 2.75) is 63.3 Å². The molecule has 26 heavy (non-hydrogen) atoms. The van der Waals surface area contributed by atoms with Crippen LogP contribution < -0.4 is 5.32 Å². The normalized spacial score (nSPS) is 25.1. The minimum atomic E-state index is -1.03. The van der Waals surface area contributed by atoms with Crippen molar-refractivity contribution < 1.29 is 9.90 Å². The third kappa shape index (κ3) is 4.35. The third-order valence-electron chi connectivity index (χ3n) is 5.38. The molecule has 1 amide bonds. The Balaban J connectivity index is 0.000000510. The minimum Gasteiger partial charge on any atom is -0.465 e. The largest absolute Gasteiger partial charge is 0.465 e. The molecule has 5 nitrogen and oxygen atoms in total. The van der Waals surface area contributed by atoms with Crippen LogP contribution in [0.5, 0.6) is 0 Å². The number of nitrogens with one attached hydrogen (secondary N) is 1. The molecular weight excluding hydrogens is 346 g/mol. The number of thiazole rings is 1. The van der Waals surface area contributed by atoms with Gasteiger partial charge >= 0.3 is 6.09 Å². The molecule has 0 bridgehead atoms. The molecule has 1 aromatic carbocycles. The van der Waals surface area contributed by atoms with Gasteiger partial charge in [-0.2, -0.15) is 0 Å². The van der Waals surface area contributed by atoms with Gasteiger partial charge in [0, 0.05) is 17.6 Å². The number of likely N-dealkylation sites (tertiary alicyclic amines) is 1. The molecule has 2 aliphatic carbocycles. The van der Waals surface area contributed by atoms with E-state index in [1.165, 1.54) is 69.5 Å². The summed E-state index contributed by atoms with van der Waals surface area (Å²) in [5.41, 5.74) is 1.59.